The summed E-state index contributed by atoms with van der Waals surface area (Å²) in [4.78, 5) is 21.2. The maximum atomic E-state index is 10.9. The van der Waals surface area contributed by atoms with Gasteiger partial charge >= 0.3 is 5.97 Å². The minimum absolute atomic E-state index is 0.0375. The van der Waals surface area contributed by atoms with Gasteiger partial charge in [0.2, 0.25) is 6.41 Å². The molecule has 0 aromatic rings. The van der Waals surface area contributed by atoms with Crippen LogP contribution in [0.1, 0.15) is 46.0 Å². The Morgan fingerprint density at radius 2 is 2.13 bits per heavy atom. The maximum Gasteiger partial charge on any atom is 0.305 e. The maximum absolute atomic E-state index is 10.9. The topological polar surface area (TPSA) is 55.4 Å². The third-order valence-electron chi connectivity index (χ3n) is 2.19. The van der Waals surface area contributed by atoms with Crippen LogP contribution in [0.25, 0.3) is 0 Å². The predicted molar refractivity (Wildman–Crippen MR) is 58.4 cm³/mol. The molecule has 0 spiro atoms. The lowest BCUT2D eigenvalue weighted by Crippen LogP contribution is -2.33. The first-order chi connectivity index (χ1) is 7.24. The largest absolute Gasteiger partial charge is 0.463 e. The molecule has 0 rings (SSSR count). The number of esters is 1. The molecule has 88 valence electrons. The van der Waals surface area contributed by atoms with Crippen molar-refractivity contribution < 1.29 is 14.3 Å². The summed E-state index contributed by atoms with van der Waals surface area (Å²) in [5.74, 6) is -0.219. The van der Waals surface area contributed by atoms with Crippen LogP contribution in [0.5, 0.6) is 0 Å². The van der Waals surface area contributed by atoms with E-state index in [0.717, 1.165) is 25.7 Å². The normalized spacial score (nSPS) is 11.9. The first-order valence-electron chi connectivity index (χ1n) is 5.59. The van der Waals surface area contributed by atoms with E-state index in [1.807, 2.05) is 0 Å². The van der Waals surface area contributed by atoms with Crippen LogP contribution in [0, 0.1) is 0 Å². The number of amides is 1. The molecule has 1 unspecified atom stereocenters. The van der Waals surface area contributed by atoms with Crippen molar-refractivity contribution in [3.8, 4) is 0 Å². The van der Waals surface area contributed by atoms with E-state index < -0.39 is 0 Å². The molecule has 0 saturated carbocycles. The molecule has 4 heteroatoms. The number of hydrogen-bond donors (Lipinski definition) is 1. The number of hydrogen-bond acceptors (Lipinski definition) is 3. The lowest BCUT2D eigenvalue weighted by atomic mass is 10.1. The summed E-state index contributed by atoms with van der Waals surface area (Å²) in [5, 5.41) is 2.66. The highest BCUT2D eigenvalue weighted by Crippen LogP contribution is 2.04. The van der Waals surface area contributed by atoms with E-state index in [4.69, 9.17) is 4.74 Å². The van der Waals surface area contributed by atoms with Crippen molar-refractivity contribution in [1.82, 2.24) is 5.32 Å². The van der Waals surface area contributed by atoms with Crippen LogP contribution in [0.15, 0.2) is 0 Å². The van der Waals surface area contributed by atoms with Crippen LogP contribution < -0.4 is 5.32 Å². The van der Waals surface area contributed by atoms with Crippen molar-refractivity contribution in [2.75, 3.05) is 6.61 Å². The van der Waals surface area contributed by atoms with Crippen LogP contribution in [0.2, 0.25) is 0 Å². The molecule has 0 radical (unpaired) electrons. The molecule has 0 aromatic heterocycles. The van der Waals surface area contributed by atoms with E-state index in [9.17, 15) is 9.59 Å². The molecule has 15 heavy (non-hydrogen) atoms. The van der Waals surface area contributed by atoms with Gasteiger partial charge in [-0.15, -0.1) is 0 Å². The molecule has 1 amide bonds. The zero-order valence-corrected chi connectivity index (χ0v) is 9.62. The Balaban J connectivity index is 3.71. The molecular formula is C11H21NO3. The first kappa shape index (κ1) is 13.9. The molecule has 1 atom stereocenters. The molecule has 0 aromatic carbocycles. The second-order valence-electron chi connectivity index (χ2n) is 3.51. The lowest BCUT2D eigenvalue weighted by molar-refractivity contribution is -0.144. The molecule has 0 heterocycles. The standard InChI is InChI=1S/C11H21NO3/c1-3-5-6-7-10(12-9-13)8-15-11(14)4-2/h9-10H,3-8H2,1-2H3,(H,12,13). The van der Waals surface area contributed by atoms with Gasteiger partial charge < -0.3 is 10.1 Å². The summed E-state index contributed by atoms with van der Waals surface area (Å²) in [7, 11) is 0. The molecule has 0 aliphatic rings. The molecule has 0 bridgehead atoms. The lowest BCUT2D eigenvalue weighted by Gasteiger charge is -2.15. The zero-order chi connectivity index (χ0) is 11.5. The summed E-state index contributed by atoms with van der Waals surface area (Å²) in [6, 6.07) is -0.0375. The van der Waals surface area contributed by atoms with E-state index in [1.165, 1.54) is 0 Å². The molecule has 0 fully saturated rings. The minimum atomic E-state index is -0.219. The van der Waals surface area contributed by atoms with Gasteiger partial charge in [-0.05, 0) is 6.42 Å². The second-order valence-corrected chi connectivity index (χ2v) is 3.51. The van der Waals surface area contributed by atoms with Crippen molar-refractivity contribution in [3.63, 3.8) is 0 Å². The number of ether oxygens (including phenoxy) is 1. The number of unbranched alkanes of at least 4 members (excludes halogenated alkanes) is 2. The van der Waals surface area contributed by atoms with Crippen molar-refractivity contribution in [2.24, 2.45) is 0 Å². The number of carbonyl (C=O) groups excluding carboxylic acids is 2. The van der Waals surface area contributed by atoms with Gasteiger partial charge in [0.25, 0.3) is 0 Å². The molecule has 0 aliphatic carbocycles. The third kappa shape index (κ3) is 7.97. The molecular weight excluding hydrogens is 194 g/mol. The van der Waals surface area contributed by atoms with Crippen LogP contribution >= 0.6 is 0 Å². The van der Waals surface area contributed by atoms with E-state index in [0.29, 0.717) is 12.8 Å². The number of rotatable bonds is 9. The smallest absolute Gasteiger partial charge is 0.305 e. The van der Waals surface area contributed by atoms with Gasteiger partial charge in [-0.1, -0.05) is 33.1 Å². The van der Waals surface area contributed by atoms with Crippen molar-refractivity contribution in [1.29, 1.82) is 0 Å². The van der Waals surface area contributed by atoms with Gasteiger partial charge in [0, 0.05) is 6.42 Å². The summed E-state index contributed by atoms with van der Waals surface area (Å²) in [5.41, 5.74) is 0. The fraction of sp³-hybridized carbons (Fsp3) is 0.818. The zero-order valence-electron chi connectivity index (χ0n) is 9.62. The van der Waals surface area contributed by atoms with Crippen LogP contribution in [-0.4, -0.2) is 25.0 Å². The predicted octanol–water partition coefficient (Wildman–Crippen LogP) is 1.63. The van der Waals surface area contributed by atoms with Gasteiger partial charge in [0.1, 0.15) is 6.61 Å². The summed E-state index contributed by atoms with van der Waals surface area (Å²) in [6.45, 7) is 4.16. The van der Waals surface area contributed by atoms with E-state index in [-0.39, 0.29) is 18.6 Å². The summed E-state index contributed by atoms with van der Waals surface area (Å²) >= 11 is 0. The highest BCUT2D eigenvalue weighted by Gasteiger charge is 2.09. The number of carbonyl (C=O) groups is 2. The fourth-order valence-corrected chi connectivity index (χ4v) is 1.25. The Hall–Kier alpha value is -1.06. The van der Waals surface area contributed by atoms with Crippen LogP contribution in [0.4, 0.5) is 0 Å². The molecule has 0 saturated heterocycles. The van der Waals surface area contributed by atoms with Crippen LogP contribution in [0.3, 0.4) is 0 Å². The Kier molecular flexibility index (Phi) is 8.82. The highest BCUT2D eigenvalue weighted by molar-refractivity contribution is 5.68. The van der Waals surface area contributed by atoms with E-state index in [2.05, 4.69) is 12.2 Å². The third-order valence-corrected chi connectivity index (χ3v) is 2.19. The van der Waals surface area contributed by atoms with Crippen LogP contribution in [-0.2, 0) is 14.3 Å². The quantitative estimate of drug-likeness (QED) is 0.361. The monoisotopic (exact) mass is 215 g/mol. The van der Waals surface area contributed by atoms with Crippen molar-refractivity contribution >= 4 is 12.4 Å². The van der Waals surface area contributed by atoms with Gasteiger partial charge in [0.05, 0.1) is 6.04 Å². The fourth-order valence-electron chi connectivity index (χ4n) is 1.25. The van der Waals surface area contributed by atoms with Gasteiger partial charge in [-0.3, -0.25) is 9.59 Å². The van der Waals surface area contributed by atoms with Gasteiger partial charge in [0.15, 0.2) is 0 Å². The van der Waals surface area contributed by atoms with E-state index in [1.54, 1.807) is 6.92 Å². The van der Waals surface area contributed by atoms with Crippen molar-refractivity contribution in [3.05, 3.63) is 0 Å². The summed E-state index contributed by atoms with van der Waals surface area (Å²) in [6.07, 6.45) is 5.23. The number of nitrogens with one attached hydrogen (secondary N) is 1. The van der Waals surface area contributed by atoms with Gasteiger partial charge in [-0.25, -0.2) is 0 Å². The Morgan fingerprint density at radius 3 is 2.67 bits per heavy atom. The molecule has 4 nitrogen and oxygen atoms in total. The molecule has 1 N–H and O–H groups in total. The Labute approximate surface area is 91.4 Å². The minimum Gasteiger partial charge on any atom is -0.463 e. The summed E-state index contributed by atoms with van der Waals surface area (Å²) < 4.78 is 4.98. The Morgan fingerprint density at radius 1 is 1.40 bits per heavy atom. The average molecular weight is 215 g/mol. The highest BCUT2D eigenvalue weighted by atomic mass is 16.5. The van der Waals surface area contributed by atoms with Crippen molar-refractivity contribution in [2.45, 2.75) is 52.0 Å². The second kappa shape index (κ2) is 9.49. The average Bonchev–Trinajstić information content (AvgIpc) is 2.25. The molecule has 0 aliphatic heterocycles. The first-order valence-corrected chi connectivity index (χ1v) is 5.59. The SMILES string of the molecule is CCCCCC(COC(=O)CC)NC=O. The van der Waals surface area contributed by atoms with E-state index >= 15 is 0 Å². The Bertz CT molecular complexity index is 183. The van der Waals surface area contributed by atoms with Gasteiger partial charge in [-0.2, -0.15) is 0 Å².